The van der Waals surface area contributed by atoms with Crippen molar-refractivity contribution < 1.29 is 13.2 Å². The molecule has 7 heteroatoms. The van der Waals surface area contributed by atoms with Gasteiger partial charge in [-0.05, 0) is 42.7 Å². The van der Waals surface area contributed by atoms with Crippen molar-refractivity contribution in [3.8, 4) is 5.75 Å². The zero-order valence-corrected chi connectivity index (χ0v) is 16.8. The maximum absolute atomic E-state index is 13.2. The maximum atomic E-state index is 13.2. The SMILES string of the molecule is COc1ccc(S(=O)(=O)N2C[C@@H](N)[C@H](c3ccccc3)C2)c(C)c1C.Cl. The monoisotopic (exact) mass is 396 g/mol. The Bertz CT molecular complexity index is 872. The van der Waals surface area contributed by atoms with Gasteiger partial charge in [0.15, 0.2) is 0 Å². The average Bonchev–Trinajstić information content (AvgIpc) is 3.00. The van der Waals surface area contributed by atoms with E-state index in [2.05, 4.69) is 0 Å². The summed E-state index contributed by atoms with van der Waals surface area (Å²) < 4.78 is 33.1. The molecule has 0 aromatic heterocycles. The first-order valence-corrected chi connectivity index (χ1v) is 9.75. The van der Waals surface area contributed by atoms with E-state index in [0.29, 0.717) is 23.7 Å². The third-order valence-corrected chi connectivity index (χ3v) is 7.06. The standard InChI is InChI=1S/C19H24N2O3S.ClH/c1-13-14(2)19(10-9-18(13)24-3)25(22,23)21-11-16(17(20)12-21)15-7-5-4-6-8-15;/h4-10,16-17H,11-12,20H2,1-3H3;1H/t16-,17+;/m0./s1. The van der Waals surface area contributed by atoms with Crippen molar-refractivity contribution in [2.45, 2.75) is 30.7 Å². The molecule has 2 N–H and O–H groups in total. The van der Waals surface area contributed by atoms with E-state index in [-0.39, 0.29) is 24.4 Å². The van der Waals surface area contributed by atoms with Gasteiger partial charge < -0.3 is 10.5 Å². The molecule has 2 aromatic carbocycles. The van der Waals surface area contributed by atoms with Gasteiger partial charge in [0.05, 0.1) is 12.0 Å². The van der Waals surface area contributed by atoms with Crippen LogP contribution in [0.3, 0.4) is 0 Å². The quantitative estimate of drug-likeness (QED) is 0.862. The van der Waals surface area contributed by atoms with Crippen LogP contribution in [-0.4, -0.2) is 39.0 Å². The average molecular weight is 397 g/mol. The molecule has 0 saturated carbocycles. The van der Waals surface area contributed by atoms with Crippen molar-refractivity contribution >= 4 is 22.4 Å². The molecule has 1 saturated heterocycles. The normalized spacial score (nSPS) is 20.6. The van der Waals surface area contributed by atoms with Crippen molar-refractivity contribution in [2.75, 3.05) is 20.2 Å². The summed E-state index contributed by atoms with van der Waals surface area (Å²) in [5.74, 6) is 0.701. The Kier molecular flexibility index (Phi) is 6.34. The molecule has 0 radical (unpaired) electrons. The number of rotatable bonds is 4. The summed E-state index contributed by atoms with van der Waals surface area (Å²) in [6, 6.07) is 13.0. The molecule has 2 aromatic rings. The molecule has 0 aliphatic carbocycles. The van der Waals surface area contributed by atoms with Crippen LogP contribution in [0.5, 0.6) is 5.75 Å². The Balaban J connectivity index is 0.00000243. The van der Waals surface area contributed by atoms with E-state index in [1.165, 1.54) is 4.31 Å². The topological polar surface area (TPSA) is 72.6 Å². The lowest BCUT2D eigenvalue weighted by atomic mass is 9.95. The van der Waals surface area contributed by atoms with Gasteiger partial charge in [-0.15, -0.1) is 12.4 Å². The molecule has 0 bridgehead atoms. The summed E-state index contributed by atoms with van der Waals surface area (Å²) in [5.41, 5.74) is 8.90. The van der Waals surface area contributed by atoms with Crippen molar-refractivity contribution in [3.05, 3.63) is 59.2 Å². The van der Waals surface area contributed by atoms with Crippen molar-refractivity contribution in [1.29, 1.82) is 0 Å². The second-order valence-corrected chi connectivity index (χ2v) is 8.43. The molecular weight excluding hydrogens is 372 g/mol. The molecule has 26 heavy (non-hydrogen) atoms. The zero-order chi connectivity index (χ0) is 18.2. The van der Waals surface area contributed by atoms with Crippen LogP contribution in [0.2, 0.25) is 0 Å². The Morgan fingerprint density at radius 1 is 1.04 bits per heavy atom. The third kappa shape index (κ3) is 3.60. The highest BCUT2D eigenvalue weighted by Crippen LogP contribution is 2.33. The number of methoxy groups -OCH3 is 1. The minimum absolute atomic E-state index is 0. The molecule has 1 aliphatic rings. The van der Waals surface area contributed by atoms with Crippen LogP contribution in [0.25, 0.3) is 0 Å². The van der Waals surface area contributed by atoms with Gasteiger partial charge >= 0.3 is 0 Å². The first-order valence-electron chi connectivity index (χ1n) is 8.31. The first-order chi connectivity index (χ1) is 11.9. The lowest BCUT2D eigenvalue weighted by Crippen LogP contribution is -2.32. The number of nitrogens with zero attached hydrogens (tertiary/aromatic N) is 1. The molecule has 1 heterocycles. The van der Waals surface area contributed by atoms with Gasteiger partial charge in [0.1, 0.15) is 5.75 Å². The lowest BCUT2D eigenvalue weighted by Gasteiger charge is -2.19. The molecule has 1 aliphatic heterocycles. The molecule has 0 unspecified atom stereocenters. The van der Waals surface area contributed by atoms with E-state index in [1.807, 2.05) is 44.2 Å². The summed E-state index contributed by atoms with van der Waals surface area (Å²) in [7, 11) is -2.01. The molecule has 142 valence electrons. The van der Waals surface area contributed by atoms with Gasteiger partial charge in [0, 0.05) is 25.0 Å². The number of hydrogen-bond acceptors (Lipinski definition) is 4. The van der Waals surface area contributed by atoms with Gasteiger partial charge in [-0.25, -0.2) is 8.42 Å². The van der Waals surface area contributed by atoms with E-state index < -0.39 is 10.0 Å². The largest absolute Gasteiger partial charge is 0.496 e. The highest BCUT2D eigenvalue weighted by molar-refractivity contribution is 7.89. The van der Waals surface area contributed by atoms with Gasteiger partial charge in [-0.1, -0.05) is 30.3 Å². The second-order valence-electron chi connectivity index (χ2n) is 6.52. The predicted molar refractivity (Wildman–Crippen MR) is 106 cm³/mol. The van der Waals surface area contributed by atoms with Crippen LogP contribution >= 0.6 is 12.4 Å². The van der Waals surface area contributed by atoms with Crippen molar-refractivity contribution in [2.24, 2.45) is 5.73 Å². The van der Waals surface area contributed by atoms with Crippen LogP contribution in [0.15, 0.2) is 47.4 Å². The summed E-state index contributed by atoms with van der Waals surface area (Å²) in [4.78, 5) is 0.326. The zero-order valence-electron chi connectivity index (χ0n) is 15.2. The number of hydrogen-bond donors (Lipinski definition) is 1. The molecule has 0 amide bonds. The van der Waals surface area contributed by atoms with E-state index in [0.717, 1.165) is 16.7 Å². The van der Waals surface area contributed by atoms with E-state index >= 15 is 0 Å². The van der Waals surface area contributed by atoms with Crippen LogP contribution in [-0.2, 0) is 10.0 Å². The van der Waals surface area contributed by atoms with E-state index in [1.54, 1.807) is 19.2 Å². The Morgan fingerprint density at radius 2 is 1.69 bits per heavy atom. The third-order valence-electron chi connectivity index (χ3n) is 5.08. The Morgan fingerprint density at radius 3 is 2.31 bits per heavy atom. The smallest absolute Gasteiger partial charge is 0.243 e. The molecule has 2 atom stereocenters. The summed E-state index contributed by atoms with van der Waals surface area (Å²) >= 11 is 0. The maximum Gasteiger partial charge on any atom is 0.243 e. The summed E-state index contributed by atoms with van der Waals surface area (Å²) in [5, 5.41) is 0. The molecule has 0 spiro atoms. The minimum atomic E-state index is -3.59. The van der Waals surface area contributed by atoms with Gasteiger partial charge in [-0.2, -0.15) is 4.31 Å². The minimum Gasteiger partial charge on any atom is -0.496 e. The molecule has 3 rings (SSSR count). The Labute approximate surface area is 161 Å². The second kappa shape index (κ2) is 7.96. The first kappa shape index (κ1) is 20.7. The lowest BCUT2D eigenvalue weighted by molar-refractivity contribution is 0.410. The number of sulfonamides is 1. The van der Waals surface area contributed by atoms with Crippen LogP contribution in [0, 0.1) is 13.8 Å². The number of nitrogens with two attached hydrogens (primary N) is 1. The number of halogens is 1. The van der Waals surface area contributed by atoms with Gasteiger partial charge in [-0.3, -0.25) is 0 Å². The molecule has 5 nitrogen and oxygen atoms in total. The van der Waals surface area contributed by atoms with Crippen LogP contribution < -0.4 is 10.5 Å². The fourth-order valence-corrected chi connectivity index (χ4v) is 5.23. The van der Waals surface area contributed by atoms with Gasteiger partial charge in [0.25, 0.3) is 0 Å². The van der Waals surface area contributed by atoms with Crippen LogP contribution in [0.4, 0.5) is 0 Å². The predicted octanol–water partition coefficient (Wildman–Crippen LogP) is 2.85. The fourth-order valence-electron chi connectivity index (χ4n) is 3.45. The number of benzene rings is 2. The van der Waals surface area contributed by atoms with E-state index in [4.69, 9.17) is 10.5 Å². The summed E-state index contributed by atoms with van der Waals surface area (Å²) in [6.45, 7) is 4.41. The Hall–Kier alpha value is -1.60. The number of ether oxygens (including phenoxy) is 1. The van der Waals surface area contributed by atoms with E-state index in [9.17, 15) is 8.42 Å². The summed E-state index contributed by atoms with van der Waals surface area (Å²) in [6.07, 6.45) is 0. The van der Waals surface area contributed by atoms with Crippen molar-refractivity contribution in [3.63, 3.8) is 0 Å². The molecular formula is C19H25ClN2O3S. The highest BCUT2D eigenvalue weighted by atomic mass is 35.5. The molecule has 1 fully saturated rings. The van der Waals surface area contributed by atoms with Crippen molar-refractivity contribution in [1.82, 2.24) is 4.31 Å². The van der Waals surface area contributed by atoms with Gasteiger partial charge in [0.2, 0.25) is 10.0 Å². The highest BCUT2D eigenvalue weighted by Gasteiger charge is 2.39. The fraction of sp³-hybridized carbons (Fsp3) is 0.368. The van der Waals surface area contributed by atoms with Crippen LogP contribution in [0.1, 0.15) is 22.6 Å².